The summed E-state index contributed by atoms with van der Waals surface area (Å²) in [6.07, 6.45) is 0.377. The fourth-order valence-corrected chi connectivity index (χ4v) is 2.47. The number of hydrogen-bond donors (Lipinski definition) is 1. The van der Waals surface area contributed by atoms with E-state index in [0.29, 0.717) is 12.2 Å². The number of thioether (sulfide) groups is 1. The van der Waals surface area contributed by atoms with Gasteiger partial charge in [-0.2, -0.15) is 0 Å². The summed E-state index contributed by atoms with van der Waals surface area (Å²) in [5.74, 6) is 0.382. The average molecular weight is 232 g/mol. The van der Waals surface area contributed by atoms with Crippen LogP contribution in [0.15, 0.2) is 4.34 Å². The van der Waals surface area contributed by atoms with Crippen molar-refractivity contribution in [2.75, 3.05) is 24.7 Å². The first kappa shape index (κ1) is 11.3. The van der Waals surface area contributed by atoms with Crippen molar-refractivity contribution in [3.63, 3.8) is 0 Å². The SMILES string of the molecule is CN(C)c1nnc(SCCC(N)=O)s1. The van der Waals surface area contributed by atoms with Gasteiger partial charge in [0.2, 0.25) is 11.0 Å². The molecule has 5 nitrogen and oxygen atoms in total. The van der Waals surface area contributed by atoms with Crippen LogP contribution in [-0.4, -0.2) is 36.0 Å². The van der Waals surface area contributed by atoms with Crippen LogP contribution in [0, 0.1) is 0 Å². The van der Waals surface area contributed by atoms with Gasteiger partial charge in [-0.1, -0.05) is 23.1 Å². The number of nitrogens with zero attached hydrogens (tertiary/aromatic N) is 3. The maximum absolute atomic E-state index is 10.5. The third kappa shape index (κ3) is 3.51. The minimum atomic E-state index is -0.283. The van der Waals surface area contributed by atoms with Crippen molar-refractivity contribution < 1.29 is 4.79 Å². The second-order valence-electron chi connectivity index (χ2n) is 2.81. The molecule has 0 aliphatic carbocycles. The van der Waals surface area contributed by atoms with Crippen molar-refractivity contribution in [2.24, 2.45) is 5.73 Å². The lowest BCUT2D eigenvalue weighted by molar-refractivity contribution is -0.117. The Bertz CT molecular complexity index is 312. The molecular weight excluding hydrogens is 220 g/mol. The molecule has 1 heterocycles. The van der Waals surface area contributed by atoms with Crippen molar-refractivity contribution in [2.45, 2.75) is 10.8 Å². The van der Waals surface area contributed by atoms with Gasteiger partial charge in [0.05, 0.1) is 0 Å². The van der Waals surface area contributed by atoms with Crippen molar-refractivity contribution in [1.29, 1.82) is 0 Å². The van der Waals surface area contributed by atoms with Crippen LogP contribution in [0.4, 0.5) is 5.13 Å². The van der Waals surface area contributed by atoms with Crippen LogP contribution >= 0.6 is 23.1 Å². The zero-order chi connectivity index (χ0) is 10.6. The maximum Gasteiger partial charge on any atom is 0.218 e. The molecule has 0 atom stereocenters. The lowest BCUT2D eigenvalue weighted by Crippen LogP contribution is -2.10. The Balaban J connectivity index is 2.40. The number of nitrogens with two attached hydrogens (primary N) is 1. The predicted octanol–water partition coefficient (Wildman–Crippen LogP) is 0.572. The Hall–Kier alpha value is -0.820. The number of carbonyl (C=O) groups excluding carboxylic acids is 1. The van der Waals surface area contributed by atoms with Crippen LogP contribution in [0.5, 0.6) is 0 Å². The molecule has 0 bridgehead atoms. The van der Waals surface area contributed by atoms with E-state index >= 15 is 0 Å². The second-order valence-corrected chi connectivity index (χ2v) is 5.11. The first-order chi connectivity index (χ1) is 6.59. The zero-order valence-corrected chi connectivity index (χ0v) is 9.69. The number of carbonyl (C=O) groups is 1. The molecule has 0 saturated heterocycles. The molecule has 0 saturated carbocycles. The van der Waals surface area contributed by atoms with Gasteiger partial charge in [-0.05, 0) is 0 Å². The van der Waals surface area contributed by atoms with Crippen molar-refractivity contribution in [3.8, 4) is 0 Å². The lowest BCUT2D eigenvalue weighted by atomic mass is 10.5. The Morgan fingerprint density at radius 1 is 1.57 bits per heavy atom. The lowest BCUT2D eigenvalue weighted by Gasteiger charge is -2.03. The van der Waals surface area contributed by atoms with Crippen LogP contribution in [0.3, 0.4) is 0 Å². The third-order valence-corrected chi connectivity index (χ3v) is 3.58. The molecule has 0 unspecified atom stereocenters. The molecule has 78 valence electrons. The zero-order valence-electron chi connectivity index (χ0n) is 8.06. The van der Waals surface area contributed by atoms with Gasteiger partial charge >= 0.3 is 0 Å². The number of primary amides is 1. The largest absolute Gasteiger partial charge is 0.370 e. The highest BCUT2D eigenvalue weighted by molar-refractivity contribution is 8.01. The molecule has 14 heavy (non-hydrogen) atoms. The summed E-state index contributed by atoms with van der Waals surface area (Å²) in [4.78, 5) is 12.4. The van der Waals surface area contributed by atoms with Crippen molar-refractivity contribution >= 4 is 34.1 Å². The minimum absolute atomic E-state index is 0.283. The molecule has 1 aromatic heterocycles. The molecule has 1 amide bonds. The van der Waals surface area contributed by atoms with E-state index in [1.807, 2.05) is 19.0 Å². The summed E-state index contributed by atoms with van der Waals surface area (Å²) >= 11 is 3.01. The molecule has 0 fully saturated rings. The highest BCUT2D eigenvalue weighted by Gasteiger charge is 2.06. The summed E-state index contributed by atoms with van der Waals surface area (Å²) in [5, 5.41) is 8.81. The van der Waals surface area contributed by atoms with Gasteiger partial charge in [0.15, 0.2) is 4.34 Å². The molecule has 0 spiro atoms. The van der Waals surface area contributed by atoms with Crippen LogP contribution in [0.25, 0.3) is 0 Å². The standard InChI is InChI=1S/C7H12N4OS2/c1-11(2)6-9-10-7(14-6)13-4-3-5(8)12/h3-4H2,1-2H3,(H2,8,12). The molecule has 1 aromatic rings. The molecular formula is C7H12N4OS2. The topological polar surface area (TPSA) is 72.1 Å². The third-order valence-electron chi connectivity index (χ3n) is 1.35. The van der Waals surface area contributed by atoms with E-state index in [2.05, 4.69) is 10.2 Å². The summed E-state index contributed by atoms with van der Waals surface area (Å²) in [7, 11) is 3.83. The Morgan fingerprint density at radius 3 is 2.79 bits per heavy atom. The molecule has 0 aromatic carbocycles. The van der Waals surface area contributed by atoms with Crippen LogP contribution in [-0.2, 0) is 4.79 Å². The van der Waals surface area contributed by atoms with Crippen molar-refractivity contribution in [1.82, 2.24) is 10.2 Å². The van der Waals surface area contributed by atoms with Crippen LogP contribution in [0.2, 0.25) is 0 Å². The summed E-state index contributed by atoms with van der Waals surface area (Å²) < 4.78 is 0.870. The van der Waals surface area contributed by atoms with E-state index in [0.717, 1.165) is 9.47 Å². The molecule has 7 heteroatoms. The van der Waals surface area contributed by atoms with Gasteiger partial charge < -0.3 is 10.6 Å². The molecule has 2 N–H and O–H groups in total. The van der Waals surface area contributed by atoms with Crippen LogP contribution in [0.1, 0.15) is 6.42 Å². The van der Waals surface area contributed by atoms with Gasteiger partial charge in [-0.15, -0.1) is 10.2 Å². The number of anilines is 1. The van der Waals surface area contributed by atoms with E-state index in [1.54, 1.807) is 0 Å². The van der Waals surface area contributed by atoms with Gasteiger partial charge in [0, 0.05) is 26.3 Å². The highest BCUT2D eigenvalue weighted by Crippen LogP contribution is 2.26. The number of amides is 1. The van der Waals surface area contributed by atoms with E-state index in [1.165, 1.54) is 23.1 Å². The smallest absolute Gasteiger partial charge is 0.218 e. The van der Waals surface area contributed by atoms with E-state index < -0.39 is 0 Å². The summed E-state index contributed by atoms with van der Waals surface area (Å²) in [5.41, 5.74) is 5.02. The normalized spacial score (nSPS) is 10.1. The quantitative estimate of drug-likeness (QED) is 0.751. The van der Waals surface area contributed by atoms with E-state index in [4.69, 9.17) is 5.73 Å². The molecule has 0 aliphatic rings. The fraction of sp³-hybridized carbons (Fsp3) is 0.571. The van der Waals surface area contributed by atoms with Gasteiger partial charge in [-0.25, -0.2) is 0 Å². The highest BCUT2D eigenvalue weighted by atomic mass is 32.2. The monoisotopic (exact) mass is 232 g/mol. The maximum atomic E-state index is 10.5. The first-order valence-corrected chi connectivity index (χ1v) is 5.81. The fourth-order valence-electron chi connectivity index (χ4n) is 0.681. The van der Waals surface area contributed by atoms with Gasteiger partial charge in [0.25, 0.3) is 0 Å². The number of hydrogen-bond acceptors (Lipinski definition) is 6. The van der Waals surface area contributed by atoms with Crippen molar-refractivity contribution in [3.05, 3.63) is 0 Å². The van der Waals surface area contributed by atoms with E-state index in [9.17, 15) is 4.79 Å². The van der Waals surface area contributed by atoms with Gasteiger partial charge in [-0.3, -0.25) is 4.79 Å². The first-order valence-electron chi connectivity index (χ1n) is 4.01. The molecule has 1 rings (SSSR count). The minimum Gasteiger partial charge on any atom is -0.370 e. The summed E-state index contributed by atoms with van der Waals surface area (Å²) in [6.45, 7) is 0. The predicted molar refractivity (Wildman–Crippen MR) is 58.8 cm³/mol. The Morgan fingerprint density at radius 2 is 2.29 bits per heavy atom. The second kappa shape index (κ2) is 5.16. The summed E-state index contributed by atoms with van der Waals surface area (Å²) in [6, 6.07) is 0. The average Bonchev–Trinajstić information content (AvgIpc) is 2.52. The van der Waals surface area contributed by atoms with Gasteiger partial charge in [0.1, 0.15) is 0 Å². The van der Waals surface area contributed by atoms with E-state index in [-0.39, 0.29) is 5.91 Å². The number of rotatable bonds is 5. The number of aromatic nitrogens is 2. The van der Waals surface area contributed by atoms with Crippen LogP contribution < -0.4 is 10.6 Å². The Kier molecular flexibility index (Phi) is 4.15. The molecule has 0 radical (unpaired) electrons. The Labute approximate surface area is 90.7 Å². The molecule has 0 aliphatic heterocycles.